The van der Waals surface area contributed by atoms with Crippen molar-refractivity contribution in [2.24, 2.45) is 5.92 Å². The van der Waals surface area contributed by atoms with Crippen molar-refractivity contribution in [3.63, 3.8) is 0 Å². The van der Waals surface area contributed by atoms with Gasteiger partial charge in [-0.3, -0.25) is 4.79 Å². The van der Waals surface area contributed by atoms with Gasteiger partial charge < -0.3 is 4.74 Å². The van der Waals surface area contributed by atoms with Crippen LogP contribution in [-0.4, -0.2) is 12.4 Å². The summed E-state index contributed by atoms with van der Waals surface area (Å²) >= 11 is 0. The molecule has 0 heterocycles. The Bertz CT molecular complexity index is 359. The van der Waals surface area contributed by atoms with Gasteiger partial charge in [-0.05, 0) is 31.2 Å². The van der Waals surface area contributed by atoms with Crippen LogP contribution in [0.5, 0.6) is 0 Å². The second kappa shape index (κ2) is 7.32. The zero-order valence-corrected chi connectivity index (χ0v) is 10.9. The molecule has 18 heavy (non-hydrogen) atoms. The molecule has 1 aromatic carbocycles. The molecule has 1 aliphatic carbocycles. The van der Waals surface area contributed by atoms with E-state index in [2.05, 4.69) is 12.1 Å². The number of hydrogen-bond acceptors (Lipinski definition) is 2. The standard InChI is InChI=1S/C16H22O2/c17-16-11-5-4-9-15(16)10-6-12-18-13-14-7-2-1-3-8-14/h1-3,7-8,15H,4-6,9-13H2. The van der Waals surface area contributed by atoms with E-state index >= 15 is 0 Å². The normalized spacial score (nSPS) is 20.0. The molecule has 1 fully saturated rings. The van der Waals surface area contributed by atoms with Crippen LogP contribution in [0.1, 0.15) is 44.1 Å². The van der Waals surface area contributed by atoms with Gasteiger partial charge in [-0.15, -0.1) is 0 Å². The van der Waals surface area contributed by atoms with Crippen molar-refractivity contribution in [2.45, 2.75) is 45.1 Å². The van der Waals surface area contributed by atoms with E-state index in [1.54, 1.807) is 0 Å². The maximum absolute atomic E-state index is 11.6. The molecule has 0 aliphatic heterocycles. The number of ether oxygens (including phenoxy) is 1. The smallest absolute Gasteiger partial charge is 0.135 e. The van der Waals surface area contributed by atoms with Gasteiger partial charge in [0.25, 0.3) is 0 Å². The van der Waals surface area contributed by atoms with Crippen molar-refractivity contribution in [3.8, 4) is 0 Å². The molecule has 0 spiro atoms. The fourth-order valence-electron chi connectivity index (χ4n) is 2.56. The average molecular weight is 246 g/mol. The monoisotopic (exact) mass is 246 g/mol. The number of carbonyl (C=O) groups excluding carboxylic acids is 1. The van der Waals surface area contributed by atoms with Crippen LogP contribution in [0.4, 0.5) is 0 Å². The highest BCUT2D eigenvalue weighted by molar-refractivity contribution is 5.81. The number of benzene rings is 1. The van der Waals surface area contributed by atoms with Crippen molar-refractivity contribution >= 4 is 5.78 Å². The second-order valence-electron chi connectivity index (χ2n) is 5.09. The van der Waals surface area contributed by atoms with E-state index in [0.717, 1.165) is 38.7 Å². The number of hydrogen-bond donors (Lipinski definition) is 0. The zero-order chi connectivity index (χ0) is 12.6. The molecule has 0 N–H and O–H groups in total. The largest absolute Gasteiger partial charge is 0.377 e. The van der Waals surface area contributed by atoms with Crippen LogP contribution in [0, 0.1) is 5.92 Å². The summed E-state index contributed by atoms with van der Waals surface area (Å²) in [5, 5.41) is 0. The molecule has 1 unspecified atom stereocenters. The molecule has 1 saturated carbocycles. The van der Waals surface area contributed by atoms with E-state index in [1.807, 2.05) is 18.2 Å². The first-order chi connectivity index (χ1) is 8.86. The number of carbonyl (C=O) groups is 1. The third-order valence-electron chi connectivity index (χ3n) is 3.63. The molecule has 0 saturated heterocycles. The first-order valence-corrected chi connectivity index (χ1v) is 7.00. The highest BCUT2D eigenvalue weighted by Crippen LogP contribution is 2.24. The molecule has 0 bridgehead atoms. The van der Waals surface area contributed by atoms with Gasteiger partial charge in [0.15, 0.2) is 0 Å². The summed E-state index contributed by atoms with van der Waals surface area (Å²) in [5.74, 6) is 0.795. The zero-order valence-electron chi connectivity index (χ0n) is 10.9. The third kappa shape index (κ3) is 4.26. The van der Waals surface area contributed by atoms with Crippen LogP contribution in [-0.2, 0) is 16.1 Å². The molecule has 98 valence electrons. The van der Waals surface area contributed by atoms with E-state index in [0.29, 0.717) is 18.3 Å². The van der Waals surface area contributed by atoms with Gasteiger partial charge in [0.05, 0.1) is 6.61 Å². The van der Waals surface area contributed by atoms with Crippen molar-refractivity contribution in [1.82, 2.24) is 0 Å². The summed E-state index contributed by atoms with van der Waals surface area (Å²) < 4.78 is 5.63. The predicted octanol–water partition coefficient (Wildman–Crippen LogP) is 3.74. The van der Waals surface area contributed by atoms with E-state index in [4.69, 9.17) is 4.74 Å². The van der Waals surface area contributed by atoms with Crippen LogP contribution >= 0.6 is 0 Å². The maximum atomic E-state index is 11.6. The second-order valence-corrected chi connectivity index (χ2v) is 5.09. The van der Waals surface area contributed by atoms with Crippen LogP contribution in [0.25, 0.3) is 0 Å². The lowest BCUT2D eigenvalue weighted by Gasteiger charge is -2.20. The molecule has 0 radical (unpaired) electrons. The number of rotatable bonds is 6. The SMILES string of the molecule is O=C1CCCCC1CCCOCc1ccccc1. The van der Waals surface area contributed by atoms with E-state index < -0.39 is 0 Å². The van der Waals surface area contributed by atoms with Crippen molar-refractivity contribution in [1.29, 1.82) is 0 Å². The Labute approximate surface area is 109 Å². The first-order valence-electron chi connectivity index (χ1n) is 7.00. The Kier molecular flexibility index (Phi) is 5.40. The van der Waals surface area contributed by atoms with E-state index in [-0.39, 0.29) is 0 Å². The summed E-state index contributed by atoms with van der Waals surface area (Å²) in [6.45, 7) is 1.44. The fourth-order valence-corrected chi connectivity index (χ4v) is 2.56. The van der Waals surface area contributed by atoms with Gasteiger partial charge >= 0.3 is 0 Å². The summed E-state index contributed by atoms with van der Waals surface area (Å²) in [4.78, 5) is 11.6. The van der Waals surface area contributed by atoms with Crippen LogP contribution in [0.3, 0.4) is 0 Å². The molecular formula is C16H22O2. The quantitative estimate of drug-likeness (QED) is 0.715. The predicted molar refractivity (Wildman–Crippen MR) is 72.3 cm³/mol. The van der Waals surface area contributed by atoms with E-state index in [9.17, 15) is 4.79 Å². The van der Waals surface area contributed by atoms with Crippen molar-refractivity contribution < 1.29 is 9.53 Å². The Morgan fingerprint density at radius 3 is 2.78 bits per heavy atom. The minimum Gasteiger partial charge on any atom is -0.377 e. The average Bonchev–Trinajstić information content (AvgIpc) is 2.42. The lowest BCUT2D eigenvalue weighted by Crippen LogP contribution is -2.19. The van der Waals surface area contributed by atoms with E-state index in [1.165, 1.54) is 12.0 Å². The molecule has 0 amide bonds. The highest BCUT2D eigenvalue weighted by Gasteiger charge is 2.21. The highest BCUT2D eigenvalue weighted by atomic mass is 16.5. The Hall–Kier alpha value is -1.15. The first kappa shape index (κ1) is 13.3. The lowest BCUT2D eigenvalue weighted by molar-refractivity contribution is -0.124. The fraction of sp³-hybridized carbons (Fsp3) is 0.562. The topological polar surface area (TPSA) is 26.3 Å². The Balaban J connectivity index is 1.57. The van der Waals surface area contributed by atoms with Gasteiger partial charge in [-0.1, -0.05) is 36.8 Å². The number of ketones is 1. The van der Waals surface area contributed by atoms with Crippen LogP contribution in [0.15, 0.2) is 30.3 Å². The summed E-state index contributed by atoms with van der Waals surface area (Å²) in [6, 6.07) is 10.2. The summed E-state index contributed by atoms with van der Waals surface area (Å²) in [5.41, 5.74) is 1.21. The third-order valence-corrected chi connectivity index (χ3v) is 3.63. The molecule has 1 aromatic rings. The van der Waals surface area contributed by atoms with Crippen molar-refractivity contribution in [2.75, 3.05) is 6.61 Å². The molecule has 2 heteroatoms. The minimum atomic E-state index is 0.319. The number of Topliss-reactive ketones (excluding diaryl/α,β-unsaturated/α-hetero) is 1. The van der Waals surface area contributed by atoms with Gasteiger partial charge in [0, 0.05) is 18.9 Å². The molecule has 0 aromatic heterocycles. The lowest BCUT2D eigenvalue weighted by atomic mass is 9.85. The van der Waals surface area contributed by atoms with Crippen LogP contribution in [0.2, 0.25) is 0 Å². The molecule has 1 aliphatic rings. The van der Waals surface area contributed by atoms with Gasteiger partial charge in [-0.2, -0.15) is 0 Å². The van der Waals surface area contributed by atoms with Crippen molar-refractivity contribution in [3.05, 3.63) is 35.9 Å². The van der Waals surface area contributed by atoms with Gasteiger partial charge in [-0.25, -0.2) is 0 Å². The molecule has 2 rings (SSSR count). The van der Waals surface area contributed by atoms with Crippen LogP contribution < -0.4 is 0 Å². The van der Waals surface area contributed by atoms with Gasteiger partial charge in [0.2, 0.25) is 0 Å². The Morgan fingerprint density at radius 2 is 2.00 bits per heavy atom. The molecule has 1 atom stereocenters. The molecule has 2 nitrogen and oxygen atoms in total. The minimum absolute atomic E-state index is 0.319. The Morgan fingerprint density at radius 1 is 1.17 bits per heavy atom. The van der Waals surface area contributed by atoms with Gasteiger partial charge in [0.1, 0.15) is 5.78 Å². The summed E-state index contributed by atoms with van der Waals surface area (Å²) in [7, 11) is 0. The molecular weight excluding hydrogens is 224 g/mol. The maximum Gasteiger partial charge on any atom is 0.135 e. The summed E-state index contributed by atoms with van der Waals surface area (Å²) in [6.07, 6.45) is 6.23.